The van der Waals surface area contributed by atoms with Gasteiger partial charge in [0, 0.05) is 24.6 Å². The molecule has 0 rings (SSSR count). The average molecular weight is 635 g/mol. The van der Waals surface area contributed by atoms with Crippen molar-refractivity contribution in [3.63, 3.8) is 0 Å². The molecule has 0 unspecified atom stereocenters. The van der Waals surface area contributed by atoms with Crippen LogP contribution < -0.4 is 43.4 Å². The number of hydrogen-bond acceptors (Lipinski definition) is 12. The number of carboxylic acid groups (broad SMARTS) is 4. The molecule has 0 saturated carbocycles. The number of carboxylic acids is 4. The number of nitrogens with one attached hydrogen (secondary N) is 6. The number of urea groups is 2. The largest absolute Gasteiger partial charge is 0.480 e. The molecule has 236 valence electrons. The maximum absolute atomic E-state index is 11.5. The van der Waals surface area contributed by atoms with Crippen LogP contribution in [0.4, 0.5) is 9.59 Å². The molecule has 0 bridgehead atoms. The average Bonchev–Trinajstić information content (AvgIpc) is 2.89. The zero-order valence-electron chi connectivity index (χ0n) is 21.2. The summed E-state index contributed by atoms with van der Waals surface area (Å²) in [7, 11) is 0. The Morgan fingerprint density at radius 1 is 0.585 bits per heavy atom. The molecule has 23 heteroatoms. The Bertz CT molecular complexity index is 855. The Hall–Kier alpha value is -4.06. The summed E-state index contributed by atoms with van der Waals surface area (Å²) in [6.45, 7) is -1.82. The van der Waals surface area contributed by atoms with Crippen molar-refractivity contribution in [2.24, 2.45) is 11.5 Å². The number of aliphatic carboxylic acids is 4. The monoisotopic (exact) mass is 634 g/mol. The number of rotatable bonds is 16. The lowest BCUT2D eigenvalue weighted by Crippen LogP contribution is -2.53. The first-order valence-corrected chi connectivity index (χ1v) is 12.1. The van der Waals surface area contributed by atoms with Crippen LogP contribution in [0.25, 0.3) is 0 Å². The normalized spacial score (nSPS) is 12.6. The van der Waals surface area contributed by atoms with E-state index < -0.39 is 85.0 Å². The van der Waals surface area contributed by atoms with Gasteiger partial charge in [0.05, 0.1) is 0 Å². The van der Waals surface area contributed by atoms with E-state index in [1.807, 2.05) is 0 Å². The van der Waals surface area contributed by atoms with Crippen molar-refractivity contribution in [2.45, 2.75) is 24.2 Å². The third kappa shape index (κ3) is 21.4. The third-order valence-electron chi connectivity index (χ3n) is 4.04. The van der Waals surface area contributed by atoms with Crippen molar-refractivity contribution >= 4 is 73.0 Å². The number of hydrogen-bond donors (Lipinski definition) is 14. The van der Waals surface area contributed by atoms with Crippen molar-refractivity contribution in [1.82, 2.24) is 31.9 Å². The van der Waals surface area contributed by atoms with Gasteiger partial charge in [0.25, 0.3) is 0 Å². The summed E-state index contributed by atoms with van der Waals surface area (Å²) in [6, 6.07) is -6.28. The Morgan fingerprint density at radius 3 is 1.10 bits per heavy atom. The van der Waals surface area contributed by atoms with Crippen LogP contribution in [-0.2, 0) is 28.8 Å². The quantitative estimate of drug-likeness (QED) is 0.0702. The van der Waals surface area contributed by atoms with E-state index in [2.05, 4.69) is 57.2 Å². The van der Waals surface area contributed by atoms with Gasteiger partial charge in [-0.25, -0.2) is 9.59 Å². The molecular formula is C18H34N8O13S2. The highest BCUT2D eigenvalue weighted by Crippen LogP contribution is 1.90. The topological polar surface area (TPSA) is 373 Å². The minimum Gasteiger partial charge on any atom is -0.480 e. The van der Waals surface area contributed by atoms with Gasteiger partial charge >= 0.3 is 35.9 Å². The van der Waals surface area contributed by atoms with Gasteiger partial charge in [-0.1, -0.05) is 0 Å². The Balaban J connectivity index is -0.000000688. The Labute approximate surface area is 242 Å². The summed E-state index contributed by atoms with van der Waals surface area (Å²) < 4.78 is 0. The maximum atomic E-state index is 11.5. The summed E-state index contributed by atoms with van der Waals surface area (Å²) in [4.78, 5) is 87.1. The molecule has 0 aliphatic heterocycles. The summed E-state index contributed by atoms with van der Waals surface area (Å²) >= 11 is 7.69. The molecule has 4 atom stereocenters. The van der Waals surface area contributed by atoms with Crippen LogP contribution in [0.15, 0.2) is 0 Å². The van der Waals surface area contributed by atoms with Gasteiger partial charge in [0.1, 0.15) is 37.3 Å². The fourth-order valence-corrected chi connectivity index (χ4v) is 2.47. The van der Waals surface area contributed by atoms with Crippen LogP contribution in [0.3, 0.4) is 0 Å². The molecule has 16 N–H and O–H groups in total. The van der Waals surface area contributed by atoms with E-state index in [0.29, 0.717) is 0 Å². The molecule has 0 aromatic rings. The number of carbonyl (C=O) groups excluding carboxylic acids is 4. The van der Waals surface area contributed by atoms with Gasteiger partial charge in [-0.15, -0.1) is 0 Å². The molecule has 0 saturated heterocycles. The minimum atomic E-state index is -1.28. The van der Waals surface area contributed by atoms with Crippen LogP contribution in [0.5, 0.6) is 0 Å². The highest BCUT2D eigenvalue weighted by atomic mass is 32.1. The van der Waals surface area contributed by atoms with Crippen LogP contribution in [0, 0.1) is 0 Å². The molecule has 0 fully saturated rings. The second-order valence-corrected chi connectivity index (χ2v) is 8.02. The van der Waals surface area contributed by atoms with Crippen LogP contribution in [0.2, 0.25) is 0 Å². The Morgan fingerprint density at radius 2 is 0.878 bits per heavy atom. The van der Waals surface area contributed by atoms with Crippen LogP contribution >= 0.6 is 25.3 Å². The van der Waals surface area contributed by atoms with E-state index in [0.717, 1.165) is 0 Å². The Kier molecular flexibility index (Phi) is 23.0. The number of carbonyl (C=O) groups is 8. The molecule has 0 aromatic heterocycles. The summed E-state index contributed by atoms with van der Waals surface area (Å²) in [6.07, 6.45) is 0. The molecular weight excluding hydrogens is 600 g/mol. The molecule has 0 aliphatic rings. The zero-order chi connectivity index (χ0) is 31.4. The van der Waals surface area contributed by atoms with Gasteiger partial charge in [0.15, 0.2) is 0 Å². The van der Waals surface area contributed by atoms with Gasteiger partial charge in [-0.05, 0) is 0 Å². The van der Waals surface area contributed by atoms with Crippen molar-refractivity contribution in [3.8, 4) is 0 Å². The molecule has 21 nitrogen and oxygen atoms in total. The lowest BCUT2D eigenvalue weighted by molar-refractivity contribution is -0.139. The number of amides is 6. The fourth-order valence-electron chi connectivity index (χ4n) is 1.96. The number of thiol groups is 2. The summed E-state index contributed by atoms with van der Waals surface area (Å²) in [5.74, 6) is -6.60. The highest BCUT2D eigenvalue weighted by molar-refractivity contribution is 7.80. The second kappa shape index (κ2) is 22.7. The van der Waals surface area contributed by atoms with E-state index in [1.165, 1.54) is 0 Å². The standard InChI is InChI=1S/2C9H16N4O6S.H2O/c2*10-4(8(17)18)1-12-9(19)13-5(3-20)7(16)11-2-6(14)15;/h2*4-5,20H,1-3,10H2,(H,11,16)(H,14,15)(H,17,18)(H2,12,13,19);1H2/t2*4-,5-;/m00./s1. The van der Waals surface area contributed by atoms with Gasteiger partial charge < -0.3 is 69.3 Å². The first-order chi connectivity index (χ1) is 18.5. The van der Waals surface area contributed by atoms with Crippen LogP contribution in [-0.4, -0.2) is 136 Å². The molecule has 0 radical (unpaired) electrons. The maximum Gasteiger partial charge on any atom is 0.322 e. The van der Waals surface area contributed by atoms with E-state index in [4.69, 9.17) is 31.9 Å². The van der Waals surface area contributed by atoms with Gasteiger partial charge in [0.2, 0.25) is 11.8 Å². The predicted octanol–water partition coefficient (Wildman–Crippen LogP) is -6.43. The first kappa shape index (κ1) is 41.4. The lowest BCUT2D eigenvalue weighted by atomic mass is 10.3. The zero-order valence-corrected chi connectivity index (χ0v) is 22.9. The van der Waals surface area contributed by atoms with E-state index >= 15 is 0 Å². The van der Waals surface area contributed by atoms with E-state index in [9.17, 15) is 38.4 Å². The third-order valence-corrected chi connectivity index (χ3v) is 4.77. The predicted molar refractivity (Wildman–Crippen MR) is 144 cm³/mol. The summed E-state index contributed by atoms with van der Waals surface area (Å²) in [5, 5.41) is 46.7. The number of nitrogens with two attached hydrogens (primary N) is 2. The van der Waals surface area contributed by atoms with E-state index in [1.54, 1.807) is 0 Å². The molecule has 0 aromatic carbocycles. The minimum absolute atomic E-state index is 0. The molecule has 0 aliphatic carbocycles. The molecule has 41 heavy (non-hydrogen) atoms. The van der Waals surface area contributed by atoms with Crippen LogP contribution in [0.1, 0.15) is 0 Å². The molecule has 0 heterocycles. The smallest absolute Gasteiger partial charge is 0.322 e. The highest BCUT2D eigenvalue weighted by Gasteiger charge is 2.22. The summed E-state index contributed by atoms with van der Waals surface area (Å²) in [5.41, 5.74) is 10.3. The molecule has 0 spiro atoms. The first-order valence-electron chi connectivity index (χ1n) is 10.8. The lowest BCUT2D eigenvalue weighted by Gasteiger charge is -2.16. The fraction of sp³-hybridized carbons (Fsp3) is 0.556. The van der Waals surface area contributed by atoms with Gasteiger partial charge in [-0.2, -0.15) is 25.3 Å². The van der Waals surface area contributed by atoms with Gasteiger partial charge in [-0.3, -0.25) is 28.8 Å². The van der Waals surface area contributed by atoms with Crippen molar-refractivity contribution in [2.75, 3.05) is 37.7 Å². The van der Waals surface area contributed by atoms with Crippen molar-refractivity contribution in [3.05, 3.63) is 0 Å². The SMILES string of the molecule is N[C@@H](CNC(=O)N[C@@H](CS)C(=O)NCC(=O)O)C(=O)O.N[C@@H](CNC(=O)N[C@@H](CS)C(=O)NCC(=O)O)C(=O)O.O. The molecule has 6 amide bonds. The second-order valence-electron chi connectivity index (χ2n) is 7.29. The van der Waals surface area contributed by atoms with Crippen molar-refractivity contribution < 1.29 is 64.3 Å². The van der Waals surface area contributed by atoms with E-state index in [-0.39, 0.29) is 30.1 Å². The van der Waals surface area contributed by atoms with Crippen molar-refractivity contribution in [1.29, 1.82) is 0 Å².